The van der Waals surface area contributed by atoms with Crippen LogP contribution in [0.1, 0.15) is 44.0 Å². The molecule has 1 saturated carbocycles. The van der Waals surface area contributed by atoms with Crippen LogP contribution in [0.15, 0.2) is 54.9 Å². The number of hydrogen-bond acceptors (Lipinski definition) is 10. The summed E-state index contributed by atoms with van der Waals surface area (Å²) in [5, 5.41) is 25.4. The summed E-state index contributed by atoms with van der Waals surface area (Å²) in [5.74, 6) is 1.72. The van der Waals surface area contributed by atoms with Crippen molar-refractivity contribution in [3.63, 3.8) is 0 Å². The molecule has 0 radical (unpaired) electrons. The average Bonchev–Trinajstić information content (AvgIpc) is 3.71. The van der Waals surface area contributed by atoms with E-state index < -0.39 is 5.60 Å². The van der Waals surface area contributed by atoms with Crippen LogP contribution in [-0.2, 0) is 17.9 Å². The highest BCUT2D eigenvalue weighted by molar-refractivity contribution is 6.39. The number of methoxy groups -OCH3 is 2. The van der Waals surface area contributed by atoms with Crippen molar-refractivity contribution in [1.82, 2.24) is 40.5 Å². The maximum Gasteiger partial charge on any atom is 0.220 e. The summed E-state index contributed by atoms with van der Waals surface area (Å²) in [7, 11) is 3.18. The van der Waals surface area contributed by atoms with Gasteiger partial charge in [0.25, 0.3) is 0 Å². The Morgan fingerprint density at radius 1 is 1.04 bits per heavy atom. The van der Waals surface area contributed by atoms with E-state index in [0.29, 0.717) is 94.6 Å². The molecule has 1 saturated heterocycles. The van der Waals surface area contributed by atoms with E-state index in [4.69, 9.17) is 37.7 Å². The van der Waals surface area contributed by atoms with E-state index >= 15 is 0 Å². The number of hydrogen-bond donors (Lipinski definition) is 4. The van der Waals surface area contributed by atoms with Crippen molar-refractivity contribution in [2.75, 3.05) is 20.8 Å². The highest BCUT2D eigenvalue weighted by Gasteiger charge is 2.38. The van der Waals surface area contributed by atoms with Crippen LogP contribution in [0.4, 0.5) is 0 Å². The lowest BCUT2D eigenvalue weighted by Crippen LogP contribution is -2.51. The molecule has 2 aliphatic rings. The molecule has 1 atom stereocenters. The smallest absolute Gasteiger partial charge is 0.220 e. The van der Waals surface area contributed by atoms with Crippen LogP contribution >= 0.6 is 23.2 Å². The number of nitrogens with zero attached hydrogens (tertiary/aromatic N) is 5. The maximum absolute atomic E-state index is 11.5. The first kappa shape index (κ1) is 34.1. The minimum atomic E-state index is -0.611. The first-order valence-corrected chi connectivity index (χ1v) is 17.2. The monoisotopic (exact) mass is 716 g/mol. The third kappa shape index (κ3) is 6.99. The molecule has 260 valence electrons. The van der Waals surface area contributed by atoms with Crippen LogP contribution in [0.3, 0.4) is 0 Å². The normalized spacial score (nSPS) is 20.2. The summed E-state index contributed by atoms with van der Waals surface area (Å²) in [5.41, 5.74) is 4.89. The SMILES string of the molecule is COc1nc(-c2cccc(-c3ccnc(-c4cc(OC)c5nc(CNC6CC(C)(O)C6)nn5c4)c3Cl)c2Cl)ccc1CNC[C@H]1CCC(=O)N1. The van der Waals surface area contributed by atoms with E-state index in [1.807, 2.05) is 55.6 Å². The molecule has 1 aromatic carbocycles. The van der Waals surface area contributed by atoms with E-state index in [1.165, 1.54) is 0 Å². The Labute approximate surface area is 299 Å². The lowest BCUT2D eigenvalue weighted by Gasteiger charge is -2.41. The summed E-state index contributed by atoms with van der Waals surface area (Å²) in [6.07, 6.45) is 6.31. The molecule has 1 aliphatic heterocycles. The van der Waals surface area contributed by atoms with Crippen molar-refractivity contribution in [3.05, 3.63) is 76.3 Å². The molecular formula is C36H38Cl2N8O4. The Morgan fingerprint density at radius 3 is 2.58 bits per heavy atom. The molecule has 0 unspecified atom stereocenters. The van der Waals surface area contributed by atoms with Gasteiger partial charge in [0.1, 0.15) is 0 Å². The number of carbonyl (C=O) groups excluding carboxylic acids is 1. The molecule has 7 rings (SSSR count). The molecule has 1 amide bonds. The van der Waals surface area contributed by atoms with Crippen molar-refractivity contribution < 1.29 is 19.4 Å². The van der Waals surface area contributed by atoms with Gasteiger partial charge in [0, 0.05) is 71.8 Å². The zero-order valence-corrected chi connectivity index (χ0v) is 29.5. The van der Waals surface area contributed by atoms with Crippen molar-refractivity contribution >= 4 is 34.8 Å². The third-order valence-corrected chi connectivity index (χ3v) is 10.0. The first-order valence-electron chi connectivity index (χ1n) is 16.5. The summed E-state index contributed by atoms with van der Waals surface area (Å²) >= 11 is 14.2. The Balaban J connectivity index is 1.14. The second-order valence-corrected chi connectivity index (χ2v) is 13.8. The molecule has 0 bridgehead atoms. The van der Waals surface area contributed by atoms with Crippen LogP contribution in [-0.4, -0.2) is 74.0 Å². The van der Waals surface area contributed by atoms with Gasteiger partial charge in [0.2, 0.25) is 11.8 Å². The molecule has 5 heterocycles. The number of aliphatic hydroxyl groups is 1. The zero-order valence-electron chi connectivity index (χ0n) is 28.0. The molecule has 4 N–H and O–H groups in total. The van der Waals surface area contributed by atoms with Crippen LogP contribution in [0.5, 0.6) is 11.6 Å². The van der Waals surface area contributed by atoms with Gasteiger partial charge in [-0.15, -0.1) is 5.10 Å². The van der Waals surface area contributed by atoms with E-state index in [0.717, 1.165) is 23.1 Å². The molecule has 14 heteroatoms. The van der Waals surface area contributed by atoms with Gasteiger partial charge in [-0.2, -0.15) is 0 Å². The summed E-state index contributed by atoms with van der Waals surface area (Å²) in [6, 6.07) is 13.7. The highest BCUT2D eigenvalue weighted by Crippen LogP contribution is 2.42. The molecule has 5 aromatic rings. The number of carbonyl (C=O) groups is 1. The van der Waals surface area contributed by atoms with Crippen LogP contribution in [0, 0.1) is 0 Å². The Hall–Kier alpha value is -4.33. The standard InChI is InChI=1S/C36H38Cl2N8O4/c1-36(48)14-23(15-36)41-18-29-44-34-28(49-2)13-21(19-46(34)45-29)33-32(38)25(11-12-40-33)24-5-4-6-26(31(24)37)27-9-7-20(35(43-27)50-3)16-39-17-22-8-10-30(47)42-22/h4-7,9,11-13,19,22-23,39,41,48H,8,10,14-18H2,1-3H3,(H,42,47)/t22-,23?,36?/m1/s1. The van der Waals surface area contributed by atoms with Gasteiger partial charge in [0.05, 0.1) is 47.8 Å². The number of fused-ring (bicyclic) bond motifs is 1. The number of pyridine rings is 3. The number of aromatic nitrogens is 5. The lowest BCUT2D eigenvalue weighted by molar-refractivity contribution is -0.119. The van der Waals surface area contributed by atoms with Gasteiger partial charge in [0.15, 0.2) is 17.2 Å². The molecule has 1 aliphatic carbocycles. The fourth-order valence-corrected chi connectivity index (χ4v) is 7.32. The molecule has 4 aromatic heterocycles. The molecule has 0 spiro atoms. The average molecular weight is 718 g/mol. The number of rotatable bonds is 12. The van der Waals surface area contributed by atoms with Crippen molar-refractivity contribution in [2.45, 2.75) is 63.4 Å². The van der Waals surface area contributed by atoms with Crippen molar-refractivity contribution in [2.24, 2.45) is 0 Å². The summed E-state index contributed by atoms with van der Waals surface area (Å²) in [6.45, 7) is 3.52. The van der Waals surface area contributed by atoms with Crippen LogP contribution < -0.4 is 25.4 Å². The van der Waals surface area contributed by atoms with Gasteiger partial charge in [-0.25, -0.2) is 14.5 Å². The lowest BCUT2D eigenvalue weighted by atomic mass is 9.77. The van der Waals surface area contributed by atoms with E-state index in [1.54, 1.807) is 24.9 Å². The zero-order chi connectivity index (χ0) is 35.0. The predicted octanol–water partition coefficient (Wildman–Crippen LogP) is 5.22. The number of halogens is 2. The predicted molar refractivity (Wildman–Crippen MR) is 191 cm³/mol. The fraction of sp³-hybridized carbons (Fsp3) is 0.361. The molecule has 2 fully saturated rings. The van der Waals surface area contributed by atoms with Crippen LogP contribution in [0.25, 0.3) is 39.3 Å². The second-order valence-electron chi connectivity index (χ2n) is 13.1. The van der Waals surface area contributed by atoms with Gasteiger partial charge in [-0.1, -0.05) is 47.5 Å². The first-order chi connectivity index (χ1) is 24.1. The highest BCUT2D eigenvalue weighted by atomic mass is 35.5. The van der Waals surface area contributed by atoms with E-state index in [-0.39, 0.29) is 18.0 Å². The summed E-state index contributed by atoms with van der Waals surface area (Å²) < 4.78 is 13.0. The molecule has 50 heavy (non-hydrogen) atoms. The Bertz CT molecular complexity index is 2060. The third-order valence-electron chi connectivity index (χ3n) is 9.24. The largest absolute Gasteiger partial charge is 0.493 e. The summed E-state index contributed by atoms with van der Waals surface area (Å²) in [4.78, 5) is 25.6. The van der Waals surface area contributed by atoms with Gasteiger partial charge in [-0.3, -0.25) is 9.78 Å². The Morgan fingerprint density at radius 2 is 1.84 bits per heavy atom. The number of amides is 1. The topological polar surface area (TPSA) is 148 Å². The fourth-order valence-electron chi connectivity index (χ4n) is 6.67. The Kier molecular flexibility index (Phi) is 9.64. The van der Waals surface area contributed by atoms with E-state index in [2.05, 4.69) is 31.0 Å². The van der Waals surface area contributed by atoms with Crippen molar-refractivity contribution in [1.29, 1.82) is 0 Å². The minimum absolute atomic E-state index is 0.0942. The van der Waals surface area contributed by atoms with Crippen LogP contribution in [0.2, 0.25) is 10.0 Å². The number of nitrogens with one attached hydrogen (secondary N) is 3. The number of ether oxygens (including phenoxy) is 2. The minimum Gasteiger partial charge on any atom is -0.493 e. The van der Waals surface area contributed by atoms with Gasteiger partial charge < -0.3 is 30.5 Å². The molecular weight excluding hydrogens is 679 g/mol. The van der Waals surface area contributed by atoms with Gasteiger partial charge in [-0.05, 0) is 44.4 Å². The number of benzene rings is 1. The quantitative estimate of drug-likeness (QED) is 0.136. The van der Waals surface area contributed by atoms with E-state index in [9.17, 15) is 9.90 Å². The molecule has 12 nitrogen and oxygen atoms in total. The van der Waals surface area contributed by atoms with Gasteiger partial charge >= 0.3 is 0 Å². The maximum atomic E-state index is 11.5. The van der Waals surface area contributed by atoms with Crippen molar-refractivity contribution in [3.8, 4) is 45.3 Å². The second kappa shape index (κ2) is 14.1.